The Morgan fingerprint density at radius 3 is 2.73 bits per heavy atom. The van der Waals surface area contributed by atoms with Crippen LogP contribution in [0.3, 0.4) is 0 Å². The maximum absolute atomic E-state index is 11.8. The molecule has 0 bridgehead atoms. The molecule has 1 unspecified atom stereocenters. The Hall–Kier alpha value is -0.610. The Balaban J connectivity index is 2.40. The molecule has 0 aromatic rings. The molecule has 1 atom stereocenters. The minimum atomic E-state index is -0.0376. The molecule has 1 amide bonds. The Labute approximate surface area is 91.6 Å². The number of nitrogens with zero attached hydrogens (tertiary/aromatic N) is 1. The van der Waals surface area contributed by atoms with E-state index in [0.717, 1.165) is 19.4 Å². The lowest BCUT2D eigenvalue weighted by molar-refractivity contribution is -0.132. The first kappa shape index (κ1) is 12.5. The lowest BCUT2D eigenvalue weighted by Gasteiger charge is -2.26. The molecule has 1 heterocycles. The third kappa shape index (κ3) is 3.80. The number of amides is 1. The van der Waals surface area contributed by atoms with Gasteiger partial charge in [0.1, 0.15) is 0 Å². The van der Waals surface area contributed by atoms with Gasteiger partial charge in [0.25, 0.3) is 0 Å². The smallest absolute Gasteiger partial charge is 0.236 e. The van der Waals surface area contributed by atoms with Crippen molar-refractivity contribution in [2.24, 2.45) is 0 Å². The second-order valence-electron chi connectivity index (χ2n) is 5.17. The van der Waals surface area contributed by atoms with Crippen LogP contribution in [0.5, 0.6) is 0 Å². The second kappa shape index (κ2) is 4.94. The summed E-state index contributed by atoms with van der Waals surface area (Å²) in [5, 5.41) is 12.3. The van der Waals surface area contributed by atoms with Crippen molar-refractivity contribution in [3.63, 3.8) is 0 Å². The van der Waals surface area contributed by atoms with Crippen molar-refractivity contribution in [1.29, 1.82) is 0 Å². The molecule has 0 saturated carbocycles. The van der Waals surface area contributed by atoms with Crippen LogP contribution in [0.15, 0.2) is 0 Å². The van der Waals surface area contributed by atoms with Crippen LogP contribution in [-0.4, -0.2) is 47.2 Å². The van der Waals surface area contributed by atoms with E-state index in [2.05, 4.69) is 5.32 Å². The van der Waals surface area contributed by atoms with E-state index in [4.69, 9.17) is 5.11 Å². The van der Waals surface area contributed by atoms with E-state index in [1.807, 2.05) is 20.8 Å². The largest absolute Gasteiger partial charge is 0.394 e. The molecule has 0 spiro atoms. The predicted octanol–water partition coefficient (Wildman–Crippen LogP) is 0.358. The van der Waals surface area contributed by atoms with Gasteiger partial charge in [-0.2, -0.15) is 0 Å². The van der Waals surface area contributed by atoms with Gasteiger partial charge in [-0.1, -0.05) is 0 Å². The zero-order chi connectivity index (χ0) is 11.5. The number of hydrogen-bond acceptors (Lipinski definition) is 3. The highest BCUT2D eigenvalue weighted by Gasteiger charge is 2.28. The van der Waals surface area contributed by atoms with E-state index in [1.165, 1.54) is 0 Å². The summed E-state index contributed by atoms with van der Waals surface area (Å²) < 4.78 is 0. The molecule has 4 heteroatoms. The van der Waals surface area contributed by atoms with Crippen LogP contribution in [0.4, 0.5) is 0 Å². The molecule has 1 fully saturated rings. The van der Waals surface area contributed by atoms with E-state index in [9.17, 15) is 4.79 Å². The number of nitrogens with one attached hydrogen (secondary N) is 1. The molecule has 1 aliphatic heterocycles. The fourth-order valence-corrected chi connectivity index (χ4v) is 1.80. The van der Waals surface area contributed by atoms with Crippen molar-refractivity contribution in [2.45, 2.75) is 45.2 Å². The monoisotopic (exact) mass is 214 g/mol. The minimum Gasteiger partial charge on any atom is -0.394 e. The van der Waals surface area contributed by atoms with Crippen LogP contribution in [0.1, 0.15) is 33.6 Å². The summed E-state index contributed by atoms with van der Waals surface area (Å²) >= 11 is 0. The Bertz CT molecular complexity index is 223. The fourth-order valence-electron chi connectivity index (χ4n) is 1.80. The van der Waals surface area contributed by atoms with Crippen molar-refractivity contribution < 1.29 is 9.90 Å². The number of aliphatic hydroxyl groups excluding tert-OH is 1. The fraction of sp³-hybridized carbons (Fsp3) is 0.909. The second-order valence-corrected chi connectivity index (χ2v) is 5.17. The Morgan fingerprint density at radius 1 is 1.53 bits per heavy atom. The van der Waals surface area contributed by atoms with Gasteiger partial charge in [0, 0.05) is 12.1 Å². The van der Waals surface area contributed by atoms with Gasteiger partial charge >= 0.3 is 0 Å². The Kier molecular flexibility index (Phi) is 4.11. The summed E-state index contributed by atoms with van der Waals surface area (Å²) in [6.07, 6.45) is 1.93. The van der Waals surface area contributed by atoms with Gasteiger partial charge in [-0.25, -0.2) is 0 Å². The van der Waals surface area contributed by atoms with Gasteiger partial charge in [-0.3, -0.25) is 4.79 Å². The molecule has 4 nitrogen and oxygen atoms in total. The topological polar surface area (TPSA) is 52.6 Å². The normalized spacial score (nSPS) is 22.1. The zero-order valence-corrected chi connectivity index (χ0v) is 9.92. The number of carbonyl (C=O) groups is 1. The van der Waals surface area contributed by atoms with Crippen LogP contribution < -0.4 is 5.32 Å². The van der Waals surface area contributed by atoms with Gasteiger partial charge < -0.3 is 15.3 Å². The number of likely N-dealkylation sites (tertiary alicyclic amines) is 1. The van der Waals surface area contributed by atoms with E-state index >= 15 is 0 Å². The third-order valence-electron chi connectivity index (χ3n) is 2.68. The molecule has 15 heavy (non-hydrogen) atoms. The van der Waals surface area contributed by atoms with Gasteiger partial charge in [0.2, 0.25) is 5.91 Å². The summed E-state index contributed by atoms with van der Waals surface area (Å²) in [6.45, 7) is 7.34. The first-order valence-electron chi connectivity index (χ1n) is 5.59. The number of carbonyl (C=O) groups excluding carboxylic acids is 1. The zero-order valence-electron chi connectivity index (χ0n) is 9.92. The summed E-state index contributed by atoms with van der Waals surface area (Å²) in [5.41, 5.74) is -0.0376. The first-order valence-corrected chi connectivity index (χ1v) is 5.59. The van der Waals surface area contributed by atoms with Crippen molar-refractivity contribution >= 4 is 5.91 Å². The van der Waals surface area contributed by atoms with Crippen LogP contribution in [0, 0.1) is 0 Å². The maximum Gasteiger partial charge on any atom is 0.236 e. The average molecular weight is 214 g/mol. The molecule has 0 aromatic carbocycles. The Morgan fingerprint density at radius 2 is 2.20 bits per heavy atom. The van der Waals surface area contributed by atoms with Gasteiger partial charge in [0.15, 0.2) is 0 Å². The molecular weight excluding hydrogens is 192 g/mol. The molecule has 0 aromatic heterocycles. The highest BCUT2D eigenvalue weighted by atomic mass is 16.3. The highest BCUT2D eigenvalue weighted by Crippen LogP contribution is 2.16. The van der Waals surface area contributed by atoms with Crippen LogP contribution in [-0.2, 0) is 4.79 Å². The van der Waals surface area contributed by atoms with Crippen molar-refractivity contribution in [3.05, 3.63) is 0 Å². The van der Waals surface area contributed by atoms with Crippen LogP contribution in [0.2, 0.25) is 0 Å². The molecule has 1 rings (SSSR count). The summed E-state index contributed by atoms with van der Waals surface area (Å²) in [5.74, 6) is 0.0986. The van der Waals surface area contributed by atoms with Gasteiger partial charge in [-0.15, -0.1) is 0 Å². The van der Waals surface area contributed by atoms with Crippen molar-refractivity contribution in [2.75, 3.05) is 19.7 Å². The number of aliphatic hydroxyl groups is 1. The number of rotatable bonds is 3. The van der Waals surface area contributed by atoms with Crippen molar-refractivity contribution in [3.8, 4) is 0 Å². The minimum absolute atomic E-state index is 0.0376. The molecule has 1 aliphatic rings. The molecular formula is C11H22N2O2. The SMILES string of the molecule is CC(C)(C)NCC(=O)N1CCCC1CO. The summed E-state index contributed by atoms with van der Waals surface area (Å²) in [6, 6.07) is 0.0410. The molecule has 2 N–H and O–H groups in total. The lowest BCUT2D eigenvalue weighted by Crippen LogP contribution is -2.47. The third-order valence-corrected chi connectivity index (χ3v) is 2.68. The quantitative estimate of drug-likeness (QED) is 0.713. The van der Waals surface area contributed by atoms with E-state index < -0.39 is 0 Å². The molecule has 0 radical (unpaired) electrons. The lowest BCUT2D eigenvalue weighted by atomic mass is 10.1. The summed E-state index contributed by atoms with van der Waals surface area (Å²) in [7, 11) is 0. The molecule has 0 aliphatic carbocycles. The van der Waals surface area contributed by atoms with Crippen LogP contribution >= 0.6 is 0 Å². The van der Waals surface area contributed by atoms with E-state index in [1.54, 1.807) is 4.90 Å². The standard InChI is InChI=1S/C11H22N2O2/c1-11(2,3)12-7-10(15)13-6-4-5-9(13)8-14/h9,12,14H,4-8H2,1-3H3. The molecule has 1 saturated heterocycles. The first-order chi connectivity index (χ1) is 6.94. The number of hydrogen-bond donors (Lipinski definition) is 2. The van der Waals surface area contributed by atoms with Gasteiger partial charge in [0.05, 0.1) is 19.2 Å². The molecule has 88 valence electrons. The van der Waals surface area contributed by atoms with Crippen molar-refractivity contribution in [1.82, 2.24) is 10.2 Å². The van der Waals surface area contributed by atoms with E-state index in [-0.39, 0.29) is 24.1 Å². The summed E-state index contributed by atoms with van der Waals surface area (Å²) in [4.78, 5) is 13.6. The highest BCUT2D eigenvalue weighted by molar-refractivity contribution is 5.79. The maximum atomic E-state index is 11.8. The van der Waals surface area contributed by atoms with Crippen LogP contribution in [0.25, 0.3) is 0 Å². The van der Waals surface area contributed by atoms with E-state index in [0.29, 0.717) is 6.54 Å². The van der Waals surface area contributed by atoms with Gasteiger partial charge in [-0.05, 0) is 33.6 Å². The average Bonchev–Trinajstić information content (AvgIpc) is 2.60. The predicted molar refractivity (Wildman–Crippen MR) is 59.6 cm³/mol.